The molecular weight excluding hydrogens is 341 g/mol. The number of nitrogens with one attached hydrogen (secondary N) is 1. The van der Waals surface area contributed by atoms with Gasteiger partial charge in [-0.1, -0.05) is 18.2 Å². The van der Waals surface area contributed by atoms with Gasteiger partial charge in [0.05, 0.1) is 18.4 Å². The number of para-hydroxylation sites is 1. The largest absolute Gasteiger partial charge is 0.494 e. The summed E-state index contributed by atoms with van der Waals surface area (Å²) in [5.74, 6) is -4.54. The smallest absolute Gasteiger partial charge is 0.394 e. The molecule has 2 rings (SSSR count). The van der Waals surface area contributed by atoms with Crippen LogP contribution in [0.15, 0.2) is 30.3 Å². The molecule has 1 fully saturated rings. The molecule has 1 saturated heterocycles. The van der Waals surface area contributed by atoms with Crippen molar-refractivity contribution >= 4 is 12.0 Å². The number of likely N-dealkylation sites (tertiary alicyclic amines) is 1. The molecule has 0 radical (unpaired) electrons. The number of carbonyl (C=O) groups is 2. The lowest BCUT2D eigenvalue weighted by molar-refractivity contribution is -0.187. The fourth-order valence-corrected chi connectivity index (χ4v) is 2.64. The van der Waals surface area contributed by atoms with Crippen LogP contribution in [0.25, 0.3) is 0 Å². The molecule has 2 atom stereocenters. The molecule has 6 nitrogen and oxygen atoms in total. The molecule has 1 aliphatic heterocycles. The van der Waals surface area contributed by atoms with E-state index in [-0.39, 0.29) is 6.54 Å². The van der Waals surface area contributed by atoms with Crippen molar-refractivity contribution in [3.05, 3.63) is 30.3 Å². The Labute approximate surface area is 142 Å². The maximum absolute atomic E-state index is 12.9. The van der Waals surface area contributed by atoms with E-state index < -0.39 is 43.1 Å². The second-order valence-electron chi connectivity index (χ2n) is 5.74. The zero-order chi connectivity index (χ0) is 18.4. The van der Waals surface area contributed by atoms with Gasteiger partial charge in [0.25, 0.3) is 0 Å². The Morgan fingerprint density at radius 1 is 1.24 bits per heavy atom. The monoisotopic (exact) mass is 360 g/mol. The lowest BCUT2D eigenvalue weighted by Gasteiger charge is -2.18. The number of halogens is 3. The average Bonchev–Trinajstić information content (AvgIpc) is 3.01. The molecule has 0 bridgehead atoms. The summed E-state index contributed by atoms with van der Waals surface area (Å²) in [6.45, 7) is -0.539. The Hall–Kier alpha value is -2.45. The average molecular weight is 360 g/mol. The van der Waals surface area contributed by atoms with Gasteiger partial charge in [0.15, 0.2) is 0 Å². The highest BCUT2D eigenvalue weighted by molar-refractivity contribution is 5.77. The number of hydrogen-bond acceptors (Lipinski definition) is 3. The van der Waals surface area contributed by atoms with Crippen LogP contribution in [0.1, 0.15) is 6.42 Å². The molecule has 2 N–H and O–H groups in total. The standard InChI is InChI=1S/C16H19F3N2O4/c17-16(18,19)13-10-21(9-12(13)14(22)23)15(24)20-7-4-8-25-11-5-2-1-3-6-11/h1-3,5-6,12-13H,4,7-10H2,(H,20,24)(H,22,23)/t12-,13-/m1/s1. The van der Waals surface area contributed by atoms with Gasteiger partial charge in [-0.25, -0.2) is 4.79 Å². The third-order valence-electron chi connectivity index (χ3n) is 3.95. The van der Waals surface area contributed by atoms with Crippen molar-refractivity contribution in [1.82, 2.24) is 10.2 Å². The van der Waals surface area contributed by atoms with Gasteiger partial charge in [0.2, 0.25) is 0 Å². The molecule has 1 aromatic carbocycles. The number of hydrogen-bond donors (Lipinski definition) is 2. The van der Waals surface area contributed by atoms with E-state index in [1.54, 1.807) is 12.1 Å². The van der Waals surface area contributed by atoms with Crippen molar-refractivity contribution in [3.63, 3.8) is 0 Å². The van der Waals surface area contributed by atoms with E-state index in [4.69, 9.17) is 9.84 Å². The van der Waals surface area contributed by atoms with E-state index in [2.05, 4.69) is 5.32 Å². The molecule has 0 aromatic heterocycles. The van der Waals surface area contributed by atoms with E-state index in [1.807, 2.05) is 18.2 Å². The molecule has 1 aromatic rings. The van der Waals surface area contributed by atoms with Crippen LogP contribution < -0.4 is 10.1 Å². The summed E-state index contributed by atoms with van der Waals surface area (Å²) >= 11 is 0. The van der Waals surface area contributed by atoms with Crippen molar-refractivity contribution in [2.24, 2.45) is 11.8 Å². The lowest BCUT2D eigenvalue weighted by atomic mass is 9.96. The van der Waals surface area contributed by atoms with E-state index in [1.165, 1.54) is 0 Å². The minimum Gasteiger partial charge on any atom is -0.494 e. The first-order valence-corrected chi connectivity index (χ1v) is 7.79. The molecule has 0 aliphatic carbocycles. The van der Waals surface area contributed by atoms with Gasteiger partial charge in [0, 0.05) is 19.6 Å². The highest BCUT2D eigenvalue weighted by atomic mass is 19.4. The predicted molar refractivity (Wildman–Crippen MR) is 82.2 cm³/mol. The topological polar surface area (TPSA) is 78.9 Å². The number of nitrogens with zero attached hydrogens (tertiary/aromatic N) is 1. The summed E-state index contributed by atoms with van der Waals surface area (Å²) < 4.78 is 44.1. The second-order valence-corrected chi connectivity index (χ2v) is 5.74. The molecule has 2 amide bonds. The van der Waals surface area contributed by atoms with Gasteiger partial charge in [-0.2, -0.15) is 13.2 Å². The summed E-state index contributed by atoms with van der Waals surface area (Å²) in [6, 6.07) is 8.36. The third-order valence-corrected chi connectivity index (χ3v) is 3.95. The first kappa shape index (κ1) is 18.9. The number of carboxylic acid groups (broad SMARTS) is 1. The SMILES string of the molecule is O=C(O)[C@@H]1CN(C(=O)NCCCOc2ccccc2)C[C@H]1C(F)(F)F. The van der Waals surface area contributed by atoms with Gasteiger partial charge < -0.3 is 20.1 Å². The number of rotatable bonds is 6. The number of aliphatic carboxylic acids is 1. The maximum Gasteiger partial charge on any atom is 0.394 e. The van der Waals surface area contributed by atoms with Crippen molar-refractivity contribution in [3.8, 4) is 5.75 Å². The molecule has 9 heteroatoms. The van der Waals surface area contributed by atoms with Gasteiger partial charge in [-0.3, -0.25) is 4.79 Å². The Balaban J connectivity index is 1.74. The summed E-state index contributed by atoms with van der Waals surface area (Å²) in [7, 11) is 0. The molecule has 0 spiro atoms. The highest BCUT2D eigenvalue weighted by Gasteiger charge is 2.53. The zero-order valence-corrected chi connectivity index (χ0v) is 13.3. The predicted octanol–water partition coefficient (Wildman–Crippen LogP) is 2.36. The minimum atomic E-state index is -4.65. The number of amides is 2. The van der Waals surface area contributed by atoms with Crippen molar-refractivity contribution < 1.29 is 32.6 Å². The first-order valence-electron chi connectivity index (χ1n) is 7.79. The quantitative estimate of drug-likeness (QED) is 0.764. The number of ether oxygens (including phenoxy) is 1. The number of alkyl halides is 3. The highest BCUT2D eigenvalue weighted by Crippen LogP contribution is 2.37. The Morgan fingerprint density at radius 3 is 2.48 bits per heavy atom. The zero-order valence-electron chi connectivity index (χ0n) is 13.3. The molecule has 0 unspecified atom stereocenters. The number of carboxylic acids is 1. The minimum absolute atomic E-state index is 0.219. The Kier molecular flexibility index (Phi) is 6.11. The van der Waals surface area contributed by atoms with Crippen LogP contribution in [-0.2, 0) is 4.79 Å². The van der Waals surface area contributed by atoms with Crippen molar-refractivity contribution in [1.29, 1.82) is 0 Å². The fraction of sp³-hybridized carbons (Fsp3) is 0.500. The molecule has 1 aliphatic rings. The van der Waals surface area contributed by atoms with E-state index in [0.29, 0.717) is 18.8 Å². The van der Waals surface area contributed by atoms with Gasteiger partial charge in [0.1, 0.15) is 5.75 Å². The van der Waals surface area contributed by atoms with Crippen LogP contribution in [0.3, 0.4) is 0 Å². The summed E-state index contributed by atoms with van der Waals surface area (Å²) in [6.07, 6.45) is -4.18. The van der Waals surface area contributed by atoms with Gasteiger partial charge in [-0.05, 0) is 18.6 Å². The molecule has 138 valence electrons. The van der Waals surface area contributed by atoms with Gasteiger partial charge in [-0.15, -0.1) is 0 Å². The second kappa shape index (κ2) is 8.09. The molecule has 25 heavy (non-hydrogen) atoms. The van der Waals surface area contributed by atoms with Crippen LogP contribution >= 0.6 is 0 Å². The Morgan fingerprint density at radius 2 is 1.92 bits per heavy atom. The Bertz CT molecular complexity index is 595. The summed E-state index contributed by atoms with van der Waals surface area (Å²) in [5.41, 5.74) is 0. The van der Waals surface area contributed by atoms with Crippen LogP contribution in [0.4, 0.5) is 18.0 Å². The molecular formula is C16H19F3N2O4. The van der Waals surface area contributed by atoms with E-state index in [9.17, 15) is 22.8 Å². The van der Waals surface area contributed by atoms with Crippen LogP contribution in [-0.4, -0.2) is 54.4 Å². The number of benzene rings is 1. The van der Waals surface area contributed by atoms with Crippen LogP contribution in [0.2, 0.25) is 0 Å². The lowest BCUT2D eigenvalue weighted by Crippen LogP contribution is -2.40. The van der Waals surface area contributed by atoms with Crippen molar-refractivity contribution in [2.75, 3.05) is 26.2 Å². The van der Waals surface area contributed by atoms with Crippen LogP contribution in [0, 0.1) is 11.8 Å². The number of carbonyl (C=O) groups excluding carboxylic acids is 1. The summed E-state index contributed by atoms with van der Waals surface area (Å²) in [4.78, 5) is 23.8. The van der Waals surface area contributed by atoms with E-state index >= 15 is 0 Å². The third kappa shape index (κ3) is 5.27. The molecule has 0 saturated carbocycles. The normalized spacial score (nSPS) is 20.4. The van der Waals surface area contributed by atoms with Crippen LogP contribution in [0.5, 0.6) is 5.75 Å². The van der Waals surface area contributed by atoms with Gasteiger partial charge >= 0.3 is 18.2 Å². The molecule has 1 heterocycles. The summed E-state index contributed by atoms with van der Waals surface area (Å²) in [5, 5.41) is 11.4. The number of urea groups is 1. The van der Waals surface area contributed by atoms with E-state index in [0.717, 1.165) is 4.90 Å². The first-order chi connectivity index (χ1) is 11.8. The van der Waals surface area contributed by atoms with Crippen molar-refractivity contribution in [2.45, 2.75) is 12.6 Å². The maximum atomic E-state index is 12.9. The fourth-order valence-electron chi connectivity index (χ4n) is 2.64.